The fourth-order valence-electron chi connectivity index (χ4n) is 2.36. The minimum atomic E-state index is 0.0132. The second-order valence-electron chi connectivity index (χ2n) is 5.19. The highest BCUT2D eigenvalue weighted by atomic mass is 16.5. The van der Waals surface area contributed by atoms with Crippen molar-refractivity contribution in [2.45, 2.75) is 19.3 Å². The lowest BCUT2D eigenvalue weighted by atomic mass is 10.1. The molecule has 3 rings (SSSR count). The number of carbonyl (C=O) groups is 1. The number of rotatable bonds is 5. The van der Waals surface area contributed by atoms with E-state index in [0.717, 1.165) is 12.8 Å². The van der Waals surface area contributed by atoms with E-state index in [9.17, 15) is 4.79 Å². The first-order valence-corrected chi connectivity index (χ1v) is 7.30. The summed E-state index contributed by atoms with van der Waals surface area (Å²) in [7, 11) is 0. The van der Waals surface area contributed by atoms with Gasteiger partial charge < -0.3 is 10.1 Å². The van der Waals surface area contributed by atoms with Crippen LogP contribution in [0.3, 0.4) is 0 Å². The fraction of sp³-hybridized carbons (Fsp3) is 0.235. The largest absolute Gasteiger partial charge is 0.437 e. The number of hydrogen-bond acceptors (Lipinski definition) is 4. The molecule has 5 nitrogen and oxygen atoms in total. The van der Waals surface area contributed by atoms with Crippen molar-refractivity contribution in [3.8, 4) is 11.6 Å². The Bertz CT molecular complexity index is 653. The van der Waals surface area contributed by atoms with Gasteiger partial charge in [0.2, 0.25) is 11.8 Å². The van der Waals surface area contributed by atoms with Crippen LogP contribution < -0.4 is 10.1 Å². The topological polar surface area (TPSA) is 64.1 Å². The molecular weight excluding hydrogens is 278 g/mol. The molecule has 0 unspecified atom stereocenters. The predicted molar refractivity (Wildman–Crippen MR) is 83.7 cm³/mol. The number of nitrogens with zero attached hydrogens (tertiary/aromatic N) is 2. The maximum absolute atomic E-state index is 11.9. The summed E-state index contributed by atoms with van der Waals surface area (Å²) >= 11 is 0. The number of pyridine rings is 2. The number of allylic oxidation sites excluding steroid dienone is 2. The van der Waals surface area contributed by atoms with E-state index >= 15 is 0 Å². The van der Waals surface area contributed by atoms with Crippen molar-refractivity contribution < 1.29 is 9.53 Å². The maximum atomic E-state index is 11.9. The first-order valence-electron chi connectivity index (χ1n) is 7.30. The van der Waals surface area contributed by atoms with Crippen LogP contribution in [0.4, 0.5) is 5.69 Å². The lowest BCUT2D eigenvalue weighted by molar-refractivity contribution is -0.116. The monoisotopic (exact) mass is 295 g/mol. The van der Waals surface area contributed by atoms with Crippen LogP contribution in [-0.4, -0.2) is 15.9 Å². The van der Waals surface area contributed by atoms with E-state index in [2.05, 4.69) is 27.4 Å². The quantitative estimate of drug-likeness (QED) is 0.857. The predicted octanol–water partition coefficient (Wildman–Crippen LogP) is 3.56. The number of anilines is 1. The van der Waals surface area contributed by atoms with Crippen LogP contribution in [0.25, 0.3) is 0 Å². The summed E-state index contributed by atoms with van der Waals surface area (Å²) < 4.78 is 5.55. The SMILES string of the molecule is O=C(C[C@@H]1C=CCC1)Nc1ccc(Oc2cccnc2)nc1. The second-order valence-corrected chi connectivity index (χ2v) is 5.19. The maximum Gasteiger partial charge on any atom is 0.225 e. The molecule has 0 saturated carbocycles. The van der Waals surface area contributed by atoms with Crippen molar-refractivity contribution in [2.75, 3.05) is 5.32 Å². The number of nitrogens with one attached hydrogen (secondary N) is 1. The number of ether oxygens (including phenoxy) is 1. The Hall–Kier alpha value is -2.69. The molecule has 0 bridgehead atoms. The molecule has 1 aliphatic carbocycles. The summed E-state index contributed by atoms with van der Waals surface area (Å²) in [6.45, 7) is 0. The first-order chi connectivity index (χ1) is 10.8. The van der Waals surface area contributed by atoms with Crippen molar-refractivity contribution in [3.63, 3.8) is 0 Å². The molecule has 0 aromatic carbocycles. The zero-order valence-corrected chi connectivity index (χ0v) is 12.1. The highest BCUT2D eigenvalue weighted by Crippen LogP contribution is 2.22. The van der Waals surface area contributed by atoms with Gasteiger partial charge in [0.1, 0.15) is 5.75 Å². The third-order valence-corrected chi connectivity index (χ3v) is 3.44. The molecule has 0 aliphatic heterocycles. The van der Waals surface area contributed by atoms with Gasteiger partial charge in [0, 0.05) is 18.7 Å². The van der Waals surface area contributed by atoms with Crippen molar-refractivity contribution >= 4 is 11.6 Å². The zero-order valence-electron chi connectivity index (χ0n) is 12.1. The van der Waals surface area contributed by atoms with Crippen LogP contribution >= 0.6 is 0 Å². The van der Waals surface area contributed by atoms with E-state index in [1.54, 1.807) is 42.9 Å². The third-order valence-electron chi connectivity index (χ3n) is 3.44. The highest BCUT2D eigenvalue weighted by molar-refractivity contribution is 5.90. The van der Waals surface area contributed by atoms with Gasteiger partial charge in [0.15, 0.2) is 0 Å². The molecular formula is C17H17N3O2. The Balaban J connectivity index is 1.54. The van der Waals surface area contributed by atoms with Crippen LogP contribution in [0.15, 0.2) is 55.0 Å². The number of hydrogen-bond donors (Lipinski definition) is 1. The molecule has 2 aromatic rings. The van der Waals surface area contributed by atoms with E-state index in [-0.39, 0.29) is 5.91 Å². The smallest absolute Gasteiger partial charge is 0.225 e. The molecule has 1 atom stereocenters. The summed E-state index contributed by atoms with van der Waals surface area (Å²) in [5.41, 5.74) is 0.672. The number of aromatic nitrogens is 2. The zero-order chi connectivity index (χ0) is 15.2. The van der Waals surface area contributed by atoms with Crippen LogP contribution in [0.2, 0.25) is 0 Å². The molecule has 2 aromatic heterocycles. The van der Waals surface area contributed by atoms with Gasteiger partial charge in [-0.05, 0) is 37.0 Å². The Morgan fingerprint density at radius 1 is 1.32 bits per heavy atom. The molecule has 0 saturated heterocycles. The third kappa shape index (κ3) is 3.91. The molecule has 22 heavy (non-hydrogen) atoms. The average molecular weight is 295 g/mol. The van der Waals surface area contributed by atoms with Gasteiger partial charge in [0.25, 0.3) is 0 Å². The van der Waals surface area contributed by atoms with Crippen molar-refractivity contribution in [2.24, 2.45) is 5.92 Å². The van der Waals surface area contributed by atoms with Gasteiger partial charge in [0.05, 0.1) is 18.1 Å². The number of amides is 1. The Kier molecular flexibility index (Phi) is 4.44. The molecule has 1 aliphatic rings. The normalized spacial score (nSPS) is 16.5. The lowest BCUT2D eigenvalue weighted by Crippen LogP contribution is -2.14. The van der Waals surface area contributed by atoms with E-state index in [1.807, 2.05) is 0 Å². The van der Waals surface area contributed by atoms with Gasteiger partial charge in [-0.2, -0.15) is 0 Å². The molecule has 2 heterocycles. The summed E-state index contributed by atoms with van der Waals surface area (Å²) in [6, 6.07) is 7.10. The molecule has 1 N–H and O–H groups in total. The van der Waals surface area contributed by atoms with Crippen molar-refractivity contribution in [1.29, 1.82) is 0 Å². The molecule has 0 fully saturated rings. The number of carbonyl (C=O) groups excluding carboxylic acids is 1. The summed E-state index contributed by atoms with van der Waals surface area (Å²) in [5, 5.41) is 2.86. The Labute approximate surface area is 129 Å². The van der Waals surface area contributed by atoms with Gasteiger partial charge in [-0.15, -0.1) is 0 Å². The molecule has 5 heteroatoms. The van der Waals surface area contributed by atoms with Crippen molar-refractivity contribution in [3.05, 3.63) is 55.0 Å². The summed E-state index contributed by atoms with van der Waals surface area (Å²) in [6.07, 6.45) is 11.8. The van der Waals surface area contributed by atoms with E-state index in [1.165, 1.54) is 0 Å². The summed E-state index contributed by atoms with van der Waals surface area (Å²) in [4.78, 5) is 20.1. The van der Waals surface area contributed by atoms with Gasteiger partial charge in [-0.3, -0.25) is 9.78 Å². The first kappa shape index (κ1) is 14.3. The van der Waals surface area contributed by atoms with Crippen LogP contribution in [0, 0.1) is 5.92 Å². The molecule has 1 amide bonds. The standard InChI is InChI=1S/C17H17N3O2/c21-16(10-13-4-1-2-5-13)20-14-7-8-17(19-11-14)22-15-6-3-9-18-12-15/h1,3-4,6-9,11-13H,2,5,10H2,(H,20,21)/t13-/m1/s1. The minimum absolute atomic E-state index is 0.0132. The van der Waals surface area contributed by atoms with Gasteiger partial charge in [-0.25, -0.2) is 4.98 Å². The van der Waals surface area contributed by atoms with E-state index in [4.69, 9.17) is 4.74 Å². The average Bonchev–Trinajstić information content (AvgIpc) is 3.03. The van der Waals surface area contributed by atoms with Crippen LogP contribution in [-0.2, 0) is 4.79 Å². The summed E-state index contributed by atoms with van der Waals surface area (Å²) in [5.74, 6) is 1.46. The van der Waals surface area contributed by atoms with Gasteiger partial charge >= 0.3 is 0 Å². The van der Waals surface area contributed by atoms with E-state index < -0.39 is 0 Å². The van der Waals surface area contributed by atoms with Gasteiger partial charge in [-0.1, -0.05) is 12.2 Å². The van der Waals surface area contributed by atoms with Crippen LogP contribution in [0.1, 0.15) is 19.3 Å². The Morgan fingerprint density at radius 3 is 2.95 bits per heavy atom. The van der Waals surface area contributed by atoms with Crippen LogP contribution in [0.5, 0.6) is 11.6 Å². The fourth-order valence-corrected chi connectivity index (χ4v) is 2.36. The lowest BCUT2D eigenvalue weighted by Gasteiger charge is -2.09. The highest BCUT2D eigenvalue weighted by Gasteiger charge is 2.14. The molecule has 0 radical (unpaired) electrons. The second kappa shape index (κ2) is 6.85. The molecule has 112 valence electrons. The molecule has 0 spiro atoms. The Morgan fingerprint density at radius 2 is 2.27 bits per heavy atom. The minimum Gasteiger partial charge on any atom is -0.437 e. The van der Waals surface area contributed by atoms with Crippen molar-refractivity contribution in [1.82, 2.24) is 9.97 Å². The van der Waals surface area contributed by atoms with E-state index in [0.29, 0.717) is 29.7 Å².